The van der Waals surface area contributed by atoms with Crippen LogP contribution in [-0.2, 0) is 0 Å². The number of nitriles is 1. The summed E-state index contributed by atoms with van der Waals surface area (Å²) >= 11 is 0. The van der Waals surface area contributed by atoms with Gasteiger partial charge in [0, 0.05) is 16.7 Å². The summed E-state index contributed by atoms with van der Waals surface area (Å²) < 4.78 is 0. The van der Waals surface area contributed by atoms with Crippen molar-refractivity contribution in [3.05, 3.63) is 194 Å². The maximum absolute atomic E-state index is 9.40. The first-order valence-electron chi connectivity index (χ1n) is 18.1. The molecule has 0 N–H and O–H groups in total. The van der Waals surface area contributed by atoms with Crippen LogP contribution in [0, 0.1) is 11.3 Å². The van der Waals surface area contributed by atoms with Crippen LogP contribution in [0.5, 0.6) is 0 Å². The van der Waals surface area contributed by atoms with E-state index in [1.807, 2.05) is 48.5 Å². The molecule has 8 aromatic carbocycles. The summed E-state index contributed by atoms with van der Waals surface area (Å²) in [5.41, 5.74) is 17.3. The van der Waals surface area contributed by atoms with Crippen molar-refractivity contribution in [3.63, 3.8) is 0 Å². The lowest BCUT2D eigenvalue weighted by Gasteiger charge is -2.21. The molecule has 250 valence electrons. The van der Waals surface area contributed by atoms with E-state index in [0.29, 0.717) is 11.4 Å². The molecule has 0 radical (unpaired) electrons. The summed E-state index contributed by atoms with van der Waals surface area (Å²) in [6.45, 7) is 0. The van der Waals surface area contributed by atoms with Gasteiger partial charge in [-0.1, -0.05) is 164 Å². The van der Waals surface area contributed by atoms with Gasteiger partial charge in [-0.05, 0) is 90.7 Å². The highest BCUT2D eigenvalue weighted by molar-refractivity contribution is 6.22. The molecule has 0 saturated carbocycles. The Hall–Kier alpha value is -7.41. The molecule has 0 aliphatic heterocycles. The van der Waals surface area contributed by atoms with Gasteiger partial charge >= 0.3 is 0 Å². The fraction of sp³-hybridized carbons (Fsp3) is 0. The van der Waals surface area contributed by atoms with Crippen molar-refractivity contribution < 1.29 is 0 Å². The van der Waals surface area contributed by atoms with E-state index in [4.69, 9.17) is 9.97 Å². The first-order valence-corrected chi connectivity index (χ1v) is 18.1. The van der Waals surface area contributed by atoms with E-state index in [1.54, 1.807) is 0 Å². The average Bonchev–Trinajstić information content (AvgIpc) is 3.59. The van der Waals surface area contributed by atoms with E-state index in [9.17, 15) is 5.26 Å². The van der Waals surface area contributed by atoms with E-state index in [2.05, 4.69) is 146 Å². The predicted molar refractivity (Wildman–Crippen MR) is 221 cm³/mol. The van der Waals surface area contributed by atoms with Crippen LogP contribution in [0.2, 0.25) is 0 Å². The molecule has 0 amide bonds. The molecular weight excluding hydrogens is 655 g/mol. The highest BCUT2D eigenvalue weighted by atomic mass is 14.9. The zero-order chi connectivity index (χ0) is 36.0. The largest absolute Gasteiger partial charge is 0.228 e. The third-order valence-corrected chi connectivity index (χ3v) is 10.5. The van der Waals surface area contributed by atoms with Gasteiger partial charge in [0.25, 0.3) is 0 Å². The average molecular weight is 686 g/mol. The zero-order valence-corrected chi connectivity index (χ0v) is 29.2. The third-order valence-electron chi connectivity index (χ3n) is 10.5. The highest BCUT2D eigenvalue weighted by Crippen LogP contribution is 2.57. The van der Waals surface area contributed by atoms with Crippen LogP contribution in [0.1, 0.15) is 5.56 Å². The normalized spacial score (nSPS) is 11.3. The van der Waals surface area contributed by atoms with Crippen molar-refractivity contribution in [2.24, 2.45) is 0 Å². The van der Waals surface area contributed by atoms with Crippen LogP contribution in [0.25, 0.3) is 100 Å². The van der Waals surface area contributed by atoms with Gasteiger partial charge in [-0.25, -0.2) is 9.97 Å². The van der Waals surface area contributed by atoms with E-state index >= 15 is 0 Å². The Morgan fingerprint density at radius 1 is 0.352 bits per heavy atom. The fourth-order valence-electron chi connectivity index (χ4n) is 7.96. The molecule has 1 heterocycles. The predicted octanol–water partition coefficient (Wildman–Crippen LogP) is 13.2. The monoisotopic (exact) mass is 685 g/mol. The van der Waals surface area contributed by atoms with Gasteiger partial charge in [0.05, 0.1) is 23.0 Å². The second-order valence-electron chi connectivity index (χ2n) is 13.6. The topological polar surface area (TPSA) is 49.6 Å². The van der Waals surface area contributed by atoms with Crippen molar-refractivity contribution in [3.8, 4) is 95.6 Å². The Morgan fingerprint density at radius 3 is 1.41 bits per heavy atom. The summed E-state index contributed by atoms with van der Waals surface area (Å²) in [5, 5.41) is 11.9. The molecule has 10 rings (SSSR count). The van der Waals surface area contributed by atoms with E-state index in [0.717, 1.165) is 33.6 Å². The van der Waals surface area contributed by atoms with E-state index in [1.165, 1.54) is 60.8 Å². The van der Waals surface area contributed by atoms with Crippen molar-refractivity contribution in [2.75, 3.05) is 0 Å². The second-order valence-corrected chi connectivity index (χ2v) is 13.6. The Kier molecular flexibility index (Phi) is 7.53. The minimum atomic E-state index is 0.615. The number of aromatic nitrogens is 2. The van der Waals surface area contributed by atoms with Gasteiger partial charge in [-0.3, -0.25) is 0 Å². The number of fused-ring (bicyclic) bond motifs is 3. The van der Waals surface area contributed by atoms with Gasteiger partial charge in [0.1, 0.15) is 0 Å². The van der Waals surface area contributed by atoms with Crippen molar-refractivity contribution in [1.29, 1.82) is 5.26 Å². The van der Waals surface area contributed by atoms with Gasteiger partial charge in [-0.2, -0.15) is 5.26 Å². The third kappa shape index (κ3) is 5.29. The first-order chi connectivity index (χ1) is 26.7. The molecule has 0 saturated heterocycles. The zero-order valence-electron chi connectivity index (χ0n) is 29.2. The Balaban J connectivity index is 1.19. The van der Waals surface area contributed by atoms with Gasteiger partial charge in [-0.15, -0.1) is 0 Å². The van der Waals surface area contributed by atoms with Crippen molar-refractivity contribution in [1.82, 2.24) is 9.97 Å². The molecule has 0 bridgehead atoms. The van der Waals surface area contributed by atoms with Crippen LogP contribution in [0.3, 0.4) is 0 Å². The highest BCUT2D eigenvalue weighted by Gasteiger charge is 2.30. The second kappa shape index (κ2) is 13.0. The SMILES string of the molecule is N#Cc1ccc(-c2cc(-c3ccccc3)nc(-c3ccc(-c4c(-c5ccccc5)cc(-c5ccccc5)c5c4-c4cccc6cccc-5c46)cc3)n2)cc1. The van der Waals surface area contributed by atoms with E-state index < -0.39 is 0 Å². The molecule has 0 atom stereocenters. The molecule has 1 aliphatic rings. The maximum Gasteiger partial charge on any atom is 0.160 e. The standard InChI is InChI=1S/C51H31N3/c52-32-33-22-24-37(25-23-33)46-31-45(36-16-8-3-9-17-36)53-51(54-46)40-28-26-39(27-29-40)48-43(34-12-4-1-5-13-34)30-44(35-14-6-2-7-15-35)49-41-20-10-18-38-19-11-21-42(47(38)41)50(48)49/h1-31H. The molecule has 9 aromatic rings. The number of benzene rings is 8. The minimum absolute atomic E-state index is 0.615. The van der Waals surface area contributed by atoms with Crippen molar-refractivity contribution in [2.45, 2.75) is 0 Å². The molecule has 0 spiro atoms. The van der Waals surface area contributed by atoms with Crippen molar-refractivity contribution >= 4 is 10.8 Å². The van der Waals surface area contributed by atoms with Crippen LogP contribution in [-0.4, -0.2) is 9.97 Å². The Morgan fingerprint density at radius 2 is 0.833 bits per heavy atom. The Bertz CT molecular complexity index is 2890. The lowest BCUT2D eigenvalue weighted by Crippen LogP contribution is -1.97. The van der Waals surface area contributed by atoms with Gasteiger partial charge in [0.2, 0.25) is 0 Å². The molecule has 1 aliphatic carbocycles. The van der Waals surface area contributed by atoms with Gasteiger partial charge in [0.15, 0.2) is 5.82 Å². The summed E-state index contributed by atoms with van der Waals surface area (Å²) in [6, 6.07) is 68.0. The summed E-state index contributed by atoms with van der Waals surface area (Å²) in [4.78, 5) is 10.2. The summed E-state index contributed by atoms with van der Waals surface area (Å²) in [5.74, 6) is 0.646. The van der Waals surface area contributed by atoms with Crippen LogP contribution < -0.4 is 0 Å². The molecule has 3 heteroatoms. The fourth-order valence-corrected chi connectivity index (χ4v) is 7.96. The first kappa shape index (κ1) is 31.3. The maximum atomic E-state index is 9.40. The van der Waals surface area contributed by atoms with Gasteiger partial charge < -0.3 is 0 Å². The number of rotatable bonds is 6. The minimum Gasteiger partial charge on any atom is -0.228 e. The number of hydrogen-bond donors (Lipinski definition) is 0. The Labute approximate surface area is 314 Å². The molecule has 1 aromatic heterocycles. The van der Waals surface area contributed by atoms with E-state index in [-0.39, 0.29) is 0 Å². The lowest BCUT2D eigenvalue weighted by atomic mass is 9.82. The summed E-state index contributed by atoms with van der Waals surface area (Å²) in [7, 11) is 0. The smallest absolute Gasteiger partial charge is 0.160 e. The lowest BCUT2D eigenvalue weighted by molar-refractivity contribution is 1.18. The quantitative estimate of drug-likeness (QED) is 0.175. The molecule has 54 heavy (non-hydrogen) atoms. The number of nitrogens with zero attached hydrogens (tertiary/aromatic N) is 3. The van der Waals surface area contributed by atoms with Crippen LogP contribution in [0.15, 0.2) is 188 Å². The molecule has 3 nitrogen and oxygen atoms in total. The number of hydrogen-bond acceptors (Lipinski definition) is 3. The van der Waals surface area contributed by atoms with Crippen LogP contribution in [0.4, 0.5) is 0 Å². The molecular formula is C51H31N3. The van der Waals surface area contributed by atoms with Crippen LogP contribution >= 0.6 is 0 Å². The summed E-state index contributed by atoms with van der Waals surface area (Å²) in [6.07, 6.45) is 0. The molecule has 0 unspecified atom stereocenters. The molecule has 0 fully saturated rings.